The summed E-state index contributed by atoms with van der Waals surface area (Å²) < 4.78 is 20.8. The Kier molecular flexibility index (Phi) is 6.96. The molecule has 0 aliphatic heterocycles. The minimum absolute atomic E-state index is 0.0208. The number of nitrogens with one attached hydrogen (secondary N) is 3. The largest absolute Gasteiger partial charge is 0.481 e. The maximum absolute atomic E-state index is 15.2. The molecule has 1 aliphatic carbocycles. The fourth-order valence-electron chi connectivity index (χ4n) is 3.88. The molecule has 0 atom stereocenters. The van der Waals surface area contributed by atoms with E-state index in [-0.39, 0.29) is 17.4 Å². The zero-order valence-electron chi connectivity index (χ0n) is 20.2. The number of carboxylic acids is 1. The van der Waals surface area contributed by atoms with Crippen molar-refractivity contribution in [3.8, 4) is 17.0 Å². The number of hydrogen-bond donors (Lipinski definition) is 4. The van der Waals surface area contributed by atoms with E-state index < -0.39 is 17.2 Å². The lowest BCUT2D eigenvalue weighted by molar-refractivity contribution is -0.140. The quantitative estimate of drug-likeness (QED) is 0.310. The fraction of sp³-hybridized carbons (Fsp3) is 0.269. The molecular weight excluding hydrogens is 463 g/mol. The van der Waals surface area contributed by atoms with Crippen molar-refractivity contribution in [1.82, 2.24) is 20.3 Å². The van der Waals surface area contributed by atoms with Crippen LogP contribution in [0.5, 0.6) is 5.88 Å². The van der Waals surface area contributed by atoms with Gasteiger partial charge in [-0.25, -0.2) is 4.39 Å². The zero-order chi connectivity index (χ0) is 25.9. The molecular formula is C26H27FN6O3. The van der Waals surface area contributed by atoms with Gasteiger partial charge in [0.15, 0.2) is 5.82 Å². The van der Waals surface area contributed by atoms with E-state index >= 15 is 4.39 Å². The minimum atomic E-state index is -0.822. The van der Waals surface area contributed by atoms with Crippen molar-refractivity contribution < 1.29 is 19.0 Å². The number of aromatic nitrogens is 3. The standard InChI is InChI=1S/C26H27FN6O3/c1-15(2)36-22-14-30-13-21(32-22)33-24(29-3)19(11-28)23-20(27)10-17(12-31-23)16-4-6-18(7-5-16)26(8-9-26)25(34)35/h4-7,10-15,28-29H,8-9H2,1-3H3,(H,32,33)(H,34,35)/b24-19-,28-11?. The maximum Gasteiger partial charge on any atom is 0.314 e. The van der Waals surface area contributed by atoms with E-state index in [0.29, 0.717) is 41.5 Å². The Balaban J connectivity index is 1.61. The Morgan fingerprint density at radius 3 is 2.47 bits per heavy atom. The highest BCUT2D eigenvalue weighted by Crippen LogP contribution is 2.48. The number of benzene rings is 1. The summed E-state index contributed by atoms with van der Waals surface area (Å²) in [6, 6.07) is 8.43. The van der Waals surface area contributed by atoms with E-state index in [9.17, 15) is 9.90 Å². The highest BCUT2D eigenvalue weighted by Gasteiger charge is 2.51. The Morgan fingerprint density at radius 1 is 1.19 bits per heavy atom. The predicted molar refractivity (Wildman–Crippen MR) is 134 cm³/mol. The first-order chi connectivity index (χ1) is 17.3. The summed E-state index contributed by atoms with van der Waals surface area (Å²) in [5.41, 5.74) is 1.36. The van der Waals surface area contributed by atoms with Crippen LogP contribution in [0.1, 0.15) is 37.9 Å². The molecule has 2 heterocycles. The van der Waals surface area contributed by atoms with Gasteiger partial charge in [0.1, 0.15) is 17.3 Å². The van der Waals surface area contributed by atoms with Crippen LogP contribution in [0, 0.1) is 11.2 Å². The van der Waals surface area contributed by atoms with Gasteiger partial charge >= 0.3 is 5.97 Å². The Morgan fingerprint density at radius 2 is 1.92 bits per heavy atom. The molecule has 1 aromatic carbocycles. The second-order valence-corrected chi connectivity index (χ2v) is 8.74. The van der Waals surface area contributed by atoms with Gasteiger partial charge in [-0.2, -0.15) is 4.98 Å². The van der Waals surface area contributed by atoms with Crippen LogP contribution in [0.3, 0.4) is 0 Å². The van der Waals surface area contributed by atoms with Gasteiger partial charge in [0.05, 0.1) is 29.5 Å². The van der Waals surface area contributed by atoms with Crippen LogP contribution in [0.2, 0.25) is 0 Å². The van der Waals surface area contributed by atoms with E-state index in [4.69, 9.17) is 10.1 Å². The van der Waals surface area contributed by atoms with Gasteiger partial charge in [-0.1, -0.05) is 24.3 Å². The molecule has 2 aromatic heterocycles. The Labute approximate surface area is 208 Å². The third kappa shape index (κ3) is 5.02. The average molecular weight is 491 g/mol. The molecule has 0 saturated heterocycles. The van der Waals surface area contributed by atoms with Gasteiger partial charge in [0.25, 0.3) is 0 Å². The lowest BCUT2D eigenvalue weighted by Gasteiger charge is -2.15. The fourth-order valence-corrected chi connectivity index (χ4v) is 3.88. The zero-order valence-corrected chi connectivity index (χ0v) is 20.2. The van der Waals surface area contributed by atoms with Crippen molar-refractivity contribution in [2.45, 2.75) is 38.2 Å². The number of halogens is 1. The Hall–Kier alpha value is -4.34. The molecule has 0 unspecified atom stereocenters. The first-order valence-corrected chi connectivity index (χ1v) is 11.5. The second-order valence-electron chi connectivity index (χ2n) is 8.74. The van der Waals surface area contributed by atoms with Crippen LogP contribution in [-0.4, -0.2) is 45.4 Å². The van der Waals surface area contributed by atoms with Crippen LogP contribution < -0.4 is 15.4 Å². The maximum atomic E-state index is 15.2. The SMILES string of the molecule is CN/C(Nc1cncc(OC(C)C)n1)=C(\C=N)c1ncc(-c2ccc(C3(C(=O)O)CC3)cc2)cc1F. The minimum Gasteiger partial charge on any atom is -0.481 e. The van der Waals surface area contributed by atoms with Crippen molar-refractivity contribution >= 4 is 23.6 Å². The van der Waals surface area contributed by atoms with Crippen molar-refractivity contribution in [2.24, 2.45) is 0 Å². The highest BCUT2D eigenvalue weighted by molar-refractivity contribution is 6.09. The monoisotopic (exact) mass is 490 g/mol. The number of rotatable bonds is 10. The van der Waals surface area contributed by atoms with Crippen LogP contribution >= 0.6 is 0 Å². The van der Waals surface area contributed by atoms with Gasteiger partial charge < -0.3 is 25.9 Å². The molecule has 0 radical (unpaired) electrons. The third-order valence-corrected chi connectivity index (χ3v) is 5.91. The summed E-state index contributed by atoms with van der Waals surface area (Å²) in [4.78, 5) is 24.3. The number of aliphatic carboxylic acids is 1. The number of ether oxygens (including phenoxy) is 1. The average Bonchev–Trinajstić information content (AvgIpc) is 3.67. The van der Waals surface area contributed by atoms with Crippen LogP contribution in [0.15, 0.2) is 54.7 Å². The molecule has 186 valence electrons. The van der Waals surface area contributed by atoms with E-state index in [0.717, 1.165) is 11.8 Å². The molecule has 1 fully saturated rings. The number of anilines is 1. The van der Waals surface area contributed by atoms with E-state index in [1.165, 1.54) is 24.7 Å². The van der Waals surface area contributed by atoms with Gasteiger partial charge in [-0.15, -0.1) is 0 Å². The molecule has 1 saturated carbocycles. The summed E-state index contributed by atoms with van der Waals surface area (Å²) in [6.45, 7) is 3.75. The number of carboxylic acid groups (broad SMARTS) is 1. The third-order valence-electron chi connectivity index (χ3n) is 5.91. The molecule has 1 aliphatic rings. The van der Waals surface area contributed by atoms with Gasteiger partial charge in [-0.3, -0.25) is 14.8 Å². The predicted octanol–water partition coefficient (Wildman–Crippen LogP) is 4.23. The van der Waals surface area contributed by atoms with Crippen molar-refractivity contribution in [1.29, 1.82) is 5.41 Å². The molecule has 0 amide bonds. The van der Waals surface area contributed by atoms with E-state index in [1.807, 2.05) is 13.8 Å². The lowest BCUT2D eigenvalue weighted by atomic mass is 9.94. The summed E-state index contributed by atoms with van der Waals surface area (Å²) in [6.07, 6.45) is 6.66. The first kappa shape index (κ1) is 24.8. The molecule has 36 heavy (non-hydrogen) atoms. The summed E-state index contributed by atoms with van der Waals surface area (Å²) in [7, 11) is 1.63. The second kappa shape index (κ2) is 10.1. The van der Waals surface area contributed by atoms with Crippen LogP contribution in [0.4, 0.5) is 10.2 Å². The number of pyridine rings is 1. The lowest BCUT2D eigenvalue weighted by Crippen LogP contribution is -2.19. The van der Waals surface area contributed by atoms with E-state index in [2.05, 4.69) is 25.6 Å². The normalized spacial score (nSPS) is 14.6. The van der Waals surface area contributed by atoms with Crippen LogP contribution in [0.25, 0.3) is 16.7 Å². The Bertz CT molecular complexity index is 1320. The number of allylic oxidation sites excluding steroid dienone is 1. The van der Waals surface area contributed by atoms with Gasteiger partial charge in [-0.05, 0) is 43.9 Å². The molecule has 3 aromatic rings. The molecule has 0 bridgehead atoms. The van der Waals surface area contributed by atoms with Crippen molar-refractivity contribution in [3.05, 3.63) is 71.8 Å². The number of hydrogen-bond acceptors (Lipinski definition) is 8. The van der Waals surface area contributed by atoms with E-state index in [1.54, 1.807) is 31.3 Å². The smallest absolute Gasteiger partial charge is 0.314 e. The van der Waals surface area contributed by atoms with Crippen molar-refractivity contribution in [2.75, 3.05) is 12.4 Å². The van der Waals surface area contributed by atoms with Gasteiger partial charge in [0, 0.05) is 25.0 Å². The molecule has 4 rings (SSSR count). The topological polar surface area (TPSA) is 133 Å². The van der Waals surface area contributed by atoms with Gasteiger partial charge in [0.2, 0.25) is 5.88 Å². The summed E-state index contributed by atoms with van der Waals surface area (Å²) in [5.74, 6) is -0.441. The summed E-state index contributed by atoms with van der Waals surface area (Å²) >= 11 is 0. The molecule has 4 N–H and O–H groups in total. The first-order valence-electron chi connectivity index (χ1n) is 11.5. The molecule has 0 spiro atoms. The highest BCUT2D eigenvalue weighted by atomic mass is 19.1. The number of nitrogens with zero attached hydrogens (tertiary/aromatic N) is 3. The molecule has 10 heteroatoms. The number of carbonyl (C=O) groups is 1. The molecule has 9 nitrogen and oxygen atoms in total. The van der Waals surface area contributed by atoms with Crippen molar-refractivity contribution in [3.63, 3.8) is 0 Å². The van der Waals surface area contributed by atoms with Crippen LogP contribution in [-0.2, 0) is 10.2 Å². The summed E-state index contributed by atoms with van der Waals surface area (Å²) in [5, 5.41) is 23.3.